The molecule has 2 atom stereocenters. The molecule has 1 aliphatic heterocycles. The van der Waals surface area contributed by atoms with E-state index in [0.717, 1.165) is 25.1 Å². The van der Waals surface area contributed by atoms with Crippen LogP contribution in [-0.2, 0) is 0 Å². The van der Waals surface area contributed by atoms with E-state index in [1.54, 1.807) is 12.3 Å². The molecular weight excluding hydrogens is 255 g/mol. The smallest absolute Gasteiger partial charge is 0.250 e. The highest BCUT2D eigenvalue weighted by Crippen LogP contribution is 2.31. The van der Waals surface area contributed by atoms with Crippen LogP contribution in [0.15, 0.2) is 48.7 Å². The van der Waals surface area contributed by atoms with Gasteiger partial charge in [-0.15, -0.1) is 0 Å². The van der Waals surface area contributed by atoms with E-state index in [-0.39, 0.29) is 12.0 Å². The van der Waals surface area contributed by atoms with E-state index < -0.39 is 5.82 Å². The molecule has 20 heavy (non-hydrogen) atoms. The van der Waals surface area contributed by atoms with Gasteiger partial charge in [0.15, 0.2) is 5.82 Å². The van der Waals surface area contributed by atoms with Gasteiger partial charge in [0, 0.05) is 18.7 Å². The molecule has 4 heteroatoms. The minimum atomic E-state index is -0.417. The Morgan fingerprint density at radius 3 is 2.75 bits per heavy atom. The average Bonchev–Trinajstić information content (AvgIpc) is 3.01. The van der Waals surface area contributed by atoms with Crippen LogP contribution in [0.4, 0.5) is 4.39 Å². The van der Waals surface area contributed by atoms with E-state index in [4.69, 9.17) is 4.74 Å². The summed E-state index contributed by atoms with van der Waals surface area (Å²) in [4.78, 5) is 4.00. The van der Waals surface area contributed by atoms with Crippen LogP contribution in [0.5, 0.6) is 5.88 Å². The van der Waals surface area contributed by atoms with Crippen molar-refractivity contribution >= 4 is 0 Å². The molecule has 1 aromatic carbocycles. The van der Waals surface area contributed by atoms with Crippen LogP contribution < -0.4 is 10.1 Å². The van der Waals surface area contributed by atoms with Crippen LogP contribution in [0.25, 0.3) is 0 Å². The Bertz CT molecular complexity index is 555. The molecule has 0 spiro atoms. The fourth-order valence-corrected chi connectivity index (χ4v) is 2.59. The summed E-state index contributed by atoms with van der Waals surface area (Å²) in [6.45, 7) is 1.86. The lowest BCUT2D eigenvalue weighted by molar-refractivity contribution is 0.131. The van der Waals surface area contributed by atoms with Crippen LogP contribution in [0.3, 0.4) is 0 Å². The second kappa shape index (κ2) is 6.01. The van der Waals surface area contributed by atoms with Crippen molar-refractivity contribution in [3.05, 3.63) is 60.0 Å². The summed E-state index contributed by atoms with van der Waals surface area (Å²) in [5, 5.41) is 3.33. The standard InChI is InChI=1S/C16H17FN2O/c17-14-7-4-9-19-16(14)20-15(13-8-10-18-11-13)12-5-2-1-3-6-12/h1-7,9,13,15,18H,8,10-11H2. The fourth-order valence-electron chi connectivity index (χ4n) is 2.59. The topological polar surface area (TPSA) is 34.1 Å². The third kappa shape index (κ3) is 2.80. The summed E-state index contributed by atoms with van der Waals surface area (Å²) in [6.07, 6.45) is 2.40. The molecule has 1 saturated heterocycles. The van der Waals surface area contributed by atoms with Gasteiger partial charge >= 0.3 is 0 Å². The molecule has 1 aliphatic rings. The van der Waals surface area contributed by atoms with Gasteiger partial charge in [-0.3, -0.25) is 0 Å². The van der Waals surface area contributed by atoms with Crippen molar-refractivity contribution in [1.29, 1.82) is 0 Å². The number of nitrogens with zero attached hydrogens (tertiary/aromatic N) is 1. The maximum absolute atomic E-state index is 13.7. The van der Waals surface area contributed by atoms with Gasteiger partial charge in [-0.25, -0.2) is 9.37 Å². The zero-order valence-corrected chi connectivity index (χ0v) is 11.1. The molecule has 0 bridgehead atoms. The van der Waals surface area contributed by atoms with Gasteiger partial charge in [-0.1, -0.05) is 30.3 Å². The quantitative estimate of drug-likeness (QED) is 0.929. The second-order valence-corrected chi connectivity index (χ2v) is 4.99. The Morgan fingerprint density at radius 2 is 2.05 bits per heavy atom. The average molecular weight is 272 g/mol. The lowest BCUT2D eigenvalue weighted by atomic mass is 9.95. The Morgan fingerprint density at radius 1 is 1.20 bits per heavy atom. The van der Waals surface area contributed by atoms with Crippen molar-refractivity contribution in [2.45, 2.75) is 12.5 Å². The summed E-state index contributed by atoms with van der Waals surface area (Å²) in [6, 6.07) is 12.9. The van der Waals surface area contributed by atoms with E-state index in [1.165, 1.54) is 6.07 Å². The number of aromatic nitrogens is 1. The maximum Gasteiger partial charge on any atom is 0.250 e. The van der Waals surface area contributed by atoms with Gasteiger partial charge in [-0.2, -0.15) is 0 Å². The predicted molar refractivity (Wildman–Crippen MR) is 75.0 cm³/mol. The minimum Gasteiger partial charge on any atom is -0.467 e. The van der Waals surface area contributed by atoms with Gasteiger partial charge in [-0.05, 0) is 30.7 Å². The number of nitrogens with one attached hydrogen (secondary N) is 1. The highest BCUT2D eigenvalue weighted by Gasteiger charge is 2.28. The summed E-state index contributed by atoms with van der Waals surface area (Å²) in [7, 11) is 0. The van der Waals surface area contributed by atoms with E-state index >= 15 is 0 Å². The normalized spacial score (nSPS) is 19.8. The molecule has 104 valence electrons. The van der Waals surface area contributed by atoms with Crippen LogP contribution >= 0.6 is 0 Å². The van der Waals surface area contributed by atoms with Gasteiger partial charge < -0.3 is 10.1 Å². The monoisotopic (exact) mass is 272 g/mol. The molecule has 2 unspecified atom stereocenters. The summed E-state index contributed by atoms with van der Waals surface area (Å²) < 4.78 is 19.6. The largest absolute Gasteiger partial charge is 0.467 e. The molecule has 0 aliphatic carbocycles. The minimum absolute atomic E-state index is 0.0771. The number of halogens is 1. The third-order valence-electron chi connectivity index (χ3n) is 3.62. The molecule has 3 rings (SSSR count). The van der Waals surface area contributed by atoms with Crippen molar-refractivity contribution in [1.82, 2.24) is 10.3 Å². The van der Waals surface area contributed by atoms with Crippen molar-refractivity contribution in [3.63, 3.8) is 0 Å². The molecular formula is C16H17FN2O. The fraction of sp³-hybridized carbons (Fsp3) is 0.312. The van der Waals surface area contributed by atoms with Crippen molar-refractivity contribution in [3.8, 4) is 5.88 Å². The van der Waals surface area contributed by atoms with Gasteiger partial charge in [0.05, 0.1) is 0 Å². The lowest BCUT2D eigenvalue weighted by Crippen LogP contribution is -2.22. The highest BCUT2D eigenvalue weighted by atomic mass is 19.1. The van der Waals surface area contributed by atoms with E-state index in [1.807, 2.05) is 30.3 Å². The molecule has 2 aromatic rings. The highest BCUT2D eigenvalue weighted by molar-refractivity contribution is 5.22. The lowest BCUT2D eigenvalue weighted by Gasteiger charge is -2.24. The number of hydrogen-bond donors (Lipinski definition) is 1. The van der Waals surface area contributed by atoms with Crippen LogP contribution in [0, 0.1) is 11.7 Å². The van der Waals surface area contributed by atoms with Gasteiger partial charge in [0.2, 0.25) is 0 Å². The zero-order valence-electron chi connectivity index (χ0n) is 11.1. The number of pyridine rings is 1. The molecule has 0 radical (unpaired) electrons. The summed E-state index contributed by atoms with van der Waals surface area (Å²) >= 11 is 0. The van der Waals surface area contributed by atoms with Crippen LogP contribution in [0.2, 0.25) is 0 Å². The maximum atomic E-state index is 13.7. The molecule has 0 amide bonds. The molecule has 1 aromatic heterocycles. The SMILES string of the molecule is Fc1cccnc1OC(c1ccccc1)C1CCNC1. The second-order valence-electron chi connectivity index (χ2n) is 4.99. The van der Waals surface area contributed by atoms with Crippen molar-refractivity contribution in [2.75, 3.05) is 13.1 Å². The zero-order chi connectivity index (χ0) is 13.8. The summed E-state index contributed by atoms with van der Waals surface area (Å²) in [5.74, 6) is -0.00792. The number of hydrogen-bond acceptors (Lipinski definition) is 3. The van der Waals surface area contributed by atoms with Crippen LogP contribution in [0.1, 0.15) is 18.1 Å². The molecule has 0 saturated carbocycles. The predicted octanol–water partition coefficient (Wildman–Crippen LogP) is 2.95. The Balaban J connectivity index is 1.88. The first-order chi connectivity index (χ1) is 9.84. The molecule has 2 heterocycles. The first kappa shape index (κ1) is 13.1. The van der Waals surface area contributed by atoms with Gasteiger partial charge in [0.1, 0.15) is 6.10 Å². The van der Waals surface area contributed by atoms with Crippen molar-refractivity contribution in [2.24, 2.45) is 5.92 Å². The Hall–Kier alpha value is -1.94. The number of benzene rings is 1. The first-order valence-electron chi connectivity index (χ1n) is 6.87. The first-order valence-corrected chi connectivity index (χ1v) is 6.87. The molecule has 3 nitrogen and oxygen atoms in total. The van der Waals surface area contributed by atoms with E-state index in [2.05, 4.69) is 10.3 Å². The summed E-state index contributed by atoms with van der Waals surface area (Å²) in [5.41, 5.74) is 1.06. The van der Waals surface area contributed by atoms with Crippen LogP contribution in [-0.4, -0.2) is 18.1 Å². The number of ether oxygens (including phenoxy) is 1. The van der Waals surface area contributed by atoms with E-state index in [9.17, 15) is 4.39 Å². The van der Waals surface area contributed by atoms with Crippen molar-refractivity contribution < 1.29 is 9.13 Å². The Kier molecular flexibility index (Phi) is 3.92. The number of rotatable bonds is 4. The van der Waals surface area contributed by atoms with Gasteiger partial charge in [0.25, 0.3) is 5.88 Å². The van der Waals surface area contributed by atoms with E-state index in [0.29, 0.717) is 5.92 Å². The molecule has 1 N–H and O–H groups in total. The molecule has 1 fully saturated rings. The Labute approximate surface area is 117 Å². The third-order valence-corrected chi connectivity index (χ3v) is 3.62.